The third kappa shape index (κ3) is 2.28. The Bertz CT molecular complexity index is 320. The molecule has 0 saturated carbocycles. The zero-order valence-corrected chi connectivity index (χ0v) is 10.0. The normalized spacial score (nSPS) is 24.6. The molecule has 0 bridgehead atoms. The predicted octanol–water partition coefficient (Wildman–Crippen LogP) is 1.42. The Balaban J connectivity index is 1.93. The summed E-state index contributed by atoms with van der Waals surface area (Å²) in [6.07, 6.45) is 0.639. The summed E-state index contributed by atoms with van der Waals surface area (Å²) in [7, 11) is 0. The van der Waals surface area contributed by atoms with Crippen molar-refractivity contribution >= 4 is 12.0 Å². The van der Waals surface area contributed by atoms with Crippen LogP contribution in [0.1, 0.15) is 27.2 Å². The summed E-state index contributed by atoms with van der Waals surface area (Å²) < 4.78 is 10.7. The van der Waals surface area contributed by atoms with E-state index in [0.29, 0.717) is 19.0 Å². The number of carbonyl (C=O) groups is 1. The lowest BCUT2D eigenvalue weighted by Gasteiger charge is -2.40. The summed E-state index contributed by atoms with van der Waals surface area (Å²) in [6, 6.07) is -0.00245. The fourth-order valence-corrected chi connectivity index (χ4v) is 1.74. The van der Waals surface area contributed by atoms with Crippen molar-refractivity contribution in [1.82, 2.24) is 4.90 Å². The minimum atomic E-state index is -0.449. The number of hydrogen-bond donors (Lipinski definition) is 0. The van der Waals surface area contributed by atoms with Crippen LogP contribution in [0.25, 0.3) is 0 Å². The Kier molecular flexibility index (Phi) is 2.78. The van der Waals surface area contributed by atoms with Gasteiger partial charge in [-0.15, -0.1) is 0 Å². The zero-order chi connectivity index (χ0) is 11.8. The first-order valence-electron chi connectivity index (χ1n) is 5.64. The van der Waals surface area contributed by atoms with Crippen molar-refractivity contribution < 1.29 is 14.3 Å². The molecule has 2 rings (SSSR count). The maximum absolute atomic E-state index is 11.8. The van der Waals surface area contributed by atoms with E-state index in [0.717, 1.165) is 13.0 Å². The second-order valence-electron chi connectivity index (χ2n) is 5.05. The first-order chi connectivity index (χ1) is 7.47. The first kappa shape index (κ1) is 11.2. The number of amides is 1. The number of likely N-dealkylation sites (tertiary alicyclic amines) is 1. The van der Waals surface area contributed by atoms with E-state index < -0.39 is 5.60 Å². The molecule has 1 amide bonds. The van der Waals surface area contributed by atoms with Crippen LogP contribution in [0.3, 0.4) is 0 Å². The van der Waals surface area contributed by atoms with Gasteiger partial charge in [-0.2, -0.15) is 0 Å². The lowest BCUT2D eigenvalue weighted by molar-refractivity contribution is 0.00279. The summed E-state index contributed by atoms with van der Waals surface area (Å²) in [5.41, 5.74) is -0.449. The molecule has 2 heterocycles. The average molecular weight is 226 g/mol. The highest BCUT2D eigenvalue weighted by atomic mass is 16.6. The molecule has 0 radical (unpaired) electrons. The SMILES string of the molecule is CC(C)(C)OC(=O)N1CC[C@@H]1C1=NCCO1. The van der Waals surface area contributed by atoms with Crippen molar-refractivity contribution in [3.63, 3.8) is 0 Å². The number of aliphatic imine (C=N–C) groups is 1. The summed E-state index contributed by atoms with van der Waals surface area (Å²) >= 11 is 0. The Labute approximate surface area is 95.4 Å². The smallest absolute Gasteiger partial charge is 0.410 e. The van der Waals surface area contributed by atoms with E-state index in [1.165, 1.54) is 0 Å². The van der Waals surface area contributed by atoms with Crippen LogP contribution in [-0.4, -0.2) is 48.2 Å². The maximum atomic E-state index is 11.8. The van der Waals surface area contributed by atoms with Crippen molar-refractivity contribution in [2.75, 3.05) is 19.7 Å². The second-order valence-corrected chi connectivity index (χ2v) is 5.05. The molecule has 2 aliphatic rings. The molecule has 1 saturated heterocycles. The molecule has 5 nitrogen and oxygen atoms in total. The standard InChI is InChI=1S/C11H18N2O3/c1-11(2,3)16-10(14)13-6-4-8(13)9-12-5-7-15-9/h8H,4-7H2,1-3H3/t8-/m1/s1. The van der Waals surface area contributed by atoms with Crippen molar-refractivity contribution in [3.8, 4) is 0 Å². The van der Waals surface area contributed by atoms with Crippen LogP contribution >= 0.6 is 0 Å². The summed E-state index contributed by atoms with van der Waals surface area (Å²) in [5.74, 6) is 0.692. The van der Waals surface area contributed by atoms with E-state index in [-0.39, 0.29) is 12.1 Å². The van der Waals surface area contributed by atoms with E-state index in [1.807, 2.05) is 20.8 Å². The number of carbonyl (C=O) groups excluding carboxylic acids is 1. The number of rotatable bonds is 1. The van der Waals surface area contributed by atoms with Crippen LogP contribution in [-0.2, 0) is 9.47 Å². The minimum Gasteiger partial charge on any atom is -0.478 e. The summed E-state index contributed by atoms with van der Waals surface area (Å²) in [6.45, 7) is 7.65. The van der Waals surface area contributed by atoms with Crippen molar-refractivity contribution in [2.24, 2.45) is 4.99 Å². The van der Waals surface area contributed by atoms with Crippen LogP contribution in [0.5, 0.6) is 0 Å². The Morgan fingerprint density at radius 2 is 2.31 bits per heavy atom. The van der Waals surface area contributed by atoms with Crippen LogP contribution < -0.4 is 0 Å². The van der Waals surface area contributed by atoms with E-state index in [2.05, 4.69) is 4.99 Å². The van der Waals surface area contributed by atoms with Gasteiger partial charge in [0.25, 0.3) is 0 Å². The molecule has 0 aromatic carbocycles. The maximum Gasteiger partial charge on any atom is 0.410 e. The average Bonchev–Trinajstić information content (AvgIpc) is 2.50. The molecule has 0 spiro atoms. The number of ether oxygens (including phenoxy) is 2. The monoisotopic (exact) mass is 226 g/mol. The predicted molar refractivity (Wildman–Crippen MR) is 59.6 cm³/mol. The fraction of sp³-hybridized carbons (Fsp3) is 0.818. The van der Waals surface area contributed by atoms with E-state index >= 15 is 0 Å². The van der Waals surface area contributed by atoms with Crippen molar-refractivity contribution in [3.05, 3.63) is 0 Å². The number of nitrogens with zero attached hydrogens (tertiary/aromatic N) is 2. The van der Waals surface area contributed by atoms with E-state index in [9.17, 15) is 4.79 Å². The van der Waals surface area contributed by atoms with Gasteiger partial charge in [0, 0.05) is 6.54 Å². The summed E-state index contributed by atoms with van der Waals surface area (Å²) in [4.78, 5) is 17.7. The topological polar surface area (TPSA) is 51.1 Å². The van der Waals surface area contributed by atoms with E-state index in [1.54, 1.807) is 4.90 Å². The molecule has 90 valence electrons. The van der Waals surface area contributed by atoms with Crippen LogP contribution in [0.2, 0.25) is 0 Å². The molecular weight excluding hydrogens is 208 g/mol. The van der Waals surface area contributed by atoms with Crippen LogP contribution in [0.4, 0.5) is 4.79 Å². The Morgan fingerprint density at radius 1 is 1.56 bits per heavy atom. The second kappa shape index (κ2) is 3.96. The summed E-state index contributed by atoms with van der Waals surface area (Å²) in [5, 5.41) is 0. The number of hydrogen-bond acceptors (Lipinski definition) is 4. The van der Waals surface area contributed by atoms with Crippen LogP contribution in [0.15, 0.2) is 4.99 Å². The van der Waals surface area contributed by atoms with Gasteiger partial charge in [-0.1, -0.05) is 0 Å². The van der Waals surface area contributed by atoms with Gasteiger partial charge < -0.3 is 9.47 Å². The van der Waals surface area contributed by atoms with Crippen molar-refractivity contribution in [1.29, 1.82) is 0 Å². The van der Waals surface area contributed by atoms with Gasteiger partial charge in [-0.25, -0.2) is 4.79 Å². The highest BCUT2D eigenvalue weighted by Gasteiger charge is 2.40. The highest BCUT2D eigenvalue weighted by molar-refractivity contribution is 5.88. The van der Waals surface area contributed by atoms with Gasteiger partial charge in [0.1, 0.15) is 18.2 Å². The third-order valence-electron chi connectivity index (χ3n) is 2.54. The minimum absolute atomic E-state index is 0.00245. The van der Waals surface area contributed by atoms with E-state index in [4.69, 9.17) is 9.47 Å². The molecule has 0 aliphatic carbocycles. The van der Waals surface area contributed by atoms with Gasteiger partial charge in [-0.3, -0.25) is 9.89 Å². The molecule has 16 heavy (non-hydrogen) atoms. The molecule has 0 N–H and O–H groups in total. The quantitative estimate of drug-likeness (QED) is 0.679. The van der Waals surface area contributed by atoms with Crippen molar-refractivity contribution in [2.45, 2.75) is 38.8 Å². The molecule has 0 aromatic rings. The molecular formula is C11H18N2O3. The lowest BCUT2D eigenvalue weighted by atomic mass is 10.0. The van der Waals surface area contributed by atoms with Gasteiger partial charge in [0.05, 0.1) is 6.54 Å². The molecule has 1 atom stereocenters. The Morgan fingerprint density at radius 3 is 2.75 bits per heavy atom. The van der Waals surface area contributed by atoms with Gasteiger partial charge in [0.15, 0.2) is 0 Å². The van der Waals surface area contributed by atoms with Crippen LogP contribution in [0, 0.1) is 0 Å². The molecule has 0 aromatic heterocycles. The lowest BCUT2D eigenvalue weighted by Crippen LogP contribution is -2.56. The van der Waals surface area contributed by atoms with Gasteiger partial charge in [-0.05, 0) is 27.2 Å². The molecule has 5 heteroatoms. The fourth-order valence-electron chi connectivity index (χ4n) is 1.74. The molecule has 0 unspecified atom stereocenters. The first-order valence-corrected chi connectivity index (χ1v) is 5.64. The third-order valence-corrected chi connectivity index (χ3v) is 2.54. The van der Waals surface area contributed by atoms with Gasteiger partial charge in [0.2, 0.25) is 5.90 Å². The zero-order valence-electron chi connectivity index (χ0n) is 10.0. The Hall–Kier alpha value is -1.26. The largest absolute Gasteiger partial charge is 0.478 e. The highest BCUT2D eigenvalue weighted by Crippen LogP contribution is 2.23. The van der Waals surface area contributed by atoms with Gasteiger partial charge >= 0.3 is 6.09 Å². The molecule has 1 fully saturated rings. The molecule has 2 aliphatic heterocycles.